The van der Waals surface area contributed by atoms with Crippen LogP contribution in [0.15, 0.2) is 42.5 Å². The molecule has 1 heterocycles. The Morgan fingerprint density at radius 2 is 1.90 bits per heavy atom. The number of fused-ring (bicyclic) bond motifs is 1. The van der Waals surface area contributed by atoms with E-state index in [0.717, 1.165) is 23.3 Å². The van der Waals surface area contributed by atoms with Crippen molar-refractivity contribution in [2.24, 2.45) is 0 Å². The molecule has 2 aromatic carbocycles. The van der Waals surface area contributed by atoms with Crippen LogP contribution in [-0.4, -0.2) is 31.6 Å². The van der Waals surface area contributed by atoms with Crippen molar-refractivity contribution >= 4 is 62.3 Å². The molecule has 0 saturated carbocycles. The third-order valence-electron chi connectivity index (χ3n) is 3.83. The number of carbonyl (C=O) groups excluding carboxylic acids is 3. The van der Waals surface area contributed by atoms with Gasteiger partial charge < -0.3 is 15.4 Å². The molecule has 3 amide bonds. The predicted molar refractivity (Wildman–Crippen MR) is 110 cm³/mol. The lowest BCUT2D eigenvalue weighted by Crippen LogP contribution is -2.32. The fraction of sp³-hybridized carbons (Fsp3) is 0.105. The van der Waals surface area contributed by atoms with Crippen LogP contribution in [0.2, 0.25) is 5.02 Å². The van der Waals surface area contributed by atoms with Crippen molar-refractivity contribution in [2.45, 2.75) is 0 Å². The molecular formula is C19H15ClFN3O4S. The molecule has 1 aromatic heterocycles. The number of methoxy groups -OCH3 is 1. The minimum atomic E-state index is -0.816. The standard InChI is InChI=1S/C19H15ClFN3O4S/c1-28-19(27)24-13-7-6-10(8-12(13)21)23-15(25)9-22-18(26)17-16(20)11-4-2-3-5-14(11)29-17/h2-8H,9H2,1H3,(H,22,26)(H,23,25)(H,24,27). The van der Waals surface area contributed by atoms with E-state index in [1.165, 1.54) is 23.5 Å². The largest absolute Gasteiger partial charge is 0.453 e. The zero-order valence-corrected chi connectivity index (χ0v) is 16.6. The number of halogens is 2. The lowest BCUT2D eigenvalue weighted by molar-refractivity contribution is -0.115. The highest BCUT2D eigenvalue weighted by molar-refractivity contribution is 7.21. The van der Waals surface area contributed by atoms with Crippen molar-refractivity contribution in [3.05, 3.63) is 58.2 Å². The maximum Gasteiger partial charge on any atom is 0.411 e. The van der Waals surface area contributed by atoms with E-state index in [1.54, 1.807) is 0 Å². The highest BCUT2D eigenvalue weighted by atomic mass is 35.5. The fourth-order valence-corrected chi connectivity index (χ4v) is 3.89. The number of rotatable bonds is 5. The van der Waals surface area contributed by atoms with E-state index in [2.05, 4.69) is 20.7 Å². The Kier molecular flexibility index (Phi) is 6.30. The van der Waals surface area contributed by atoms with Crippen LogP contribution in [0.4, 0.5) is 20.6 Å². The number of hydrogen-bond donors (Lipinski definition) is 3. The van der Waals surface area contributed by atoms with Gasteiger partial charge in [-0.1, -0.05) is 29.8 Å². The summed E-state index contributed by atoms with van der Waals surface area (Å²) in [7, 11) is 1.15. The third-order valence-corrected chi connectivity index (χ3v) is 5.50. The smallest absolute Gasteiger partial charge is 0.411 e. The second-order valence-electron chi connectivity index (χ2n) is 5.78. The summed E-state index contributed by atoms with van der Waals surface area (Å²) in [5, 5.41) is 8.25. The average Bonchev–Trinajstić information content (AvgIpc) is 3.05. The predicted octanol–water partition coefficient (Wildman–Crippen LogP) is 4.24. The van der Waals surface area contributed by atoms with Crippen molar-refractivity contribution in [3.63, 3.8) is 0 Å². The van der Waals surface area contributed by atoms with Crippen molar-refractivity contribution in [3.8, 4) is 0 Å². The van der Waals surface area contributed by atoms with Crippen LogP contribution in [0.3, 0.4) is 0 Å². The second kappa shape index (κ2) is 8.89. The number of nitrogens with one attached hydrogen (secondary N) is 3. The number of ether oxygens (including phenoxy) is 1. The molecule has 150 valence electrons. The van der Waals surface area contributed by atoms with Gasteiger partial charge in [-0.25, -0.2) is 9.18 Å². The maximum atomic E-state index is 14.0. The van der Waals surface area contributed by atoms with Gasteiger partial charge in [-0.2, -0.15) is 0 Å². The third kappa shape index (κ3) is 4.82. The molecule has 10 heteroatoms. The Morgan fingerprint density at radius 3 is 2.59 bits per heavy atom. The Bertz CT molecular complexity index is 1100. The Hall–Kier alpha value is -3.17. The van der Waals surface area contributed by atoms with Crippen molar-refractivity contribution in [2.75, 3.05) is 24.3 Å². The summed E-state index contributed by atoms with van der Waals surface area (Å²) in [5.41, 5.74) is 0.0691. The van der Waals surface area contributed by atoms with Gasteiger partial charge in [0.15, 0.2) is 0 Å². The topological polar surface area (TPSA) is 96.5 Å². The maximum absolute atomic E-state index is 14.0. The van der Waals surface area contributed by atoms with Gasteiger partial charge in [0.05, 0.1) is 24.4 Å². The highest BCUT2D eigenvalue weighted by Gasteiger charge is 2.17. The first-order chi connectivity index (χ1) is 13.9. The first-order valence-electron chi connectivity index (χ1n) is 8.28. The monoisotopic (exact) mass is 435 g/mol. The molecule has 0 unspecified atom stereocenters. The summed E-state index contributed by atoms with van der Waals surface area (Å²) in [5.74, 6) is -1.78. The molecule has 0 aliphatic heterocycles. The molecule has 3 rings (SSSR count). The number of anilines is 2. The minimum absolute atomic E-state index is 0.0949. The average molecular weight is 436 g/mol. The van der Waals surface area contributed by atoms with Gasteiger partial charge in [-0.15, -0.1) is 11.3 Å². The quantitative estimate of drug-likeness (QED) is 0.558. The summed E-state index contributed by atoms with van der Waals surface area (Å²) >= 11 is 7.47. The Balaban J connectivity index is 1.59. The van der Waals surface area contributed by atoms with Crippen LogP contribution in [-0.2, 0) is 9.53 Å². The number of thiophene rings is 1. The lowest BCUT2D eigenvalue weighted by Gasteiger charge is -2.09. The van der Waals surface area contributed by atoms with Crippen molar-refractivity contribution < 1.29 is 23.5 Å². The van der Waals surface area contributed by atoms with Gasteiger partial charge in [0.1, 0.15) is 10.7 Å². The zero-order valence-electron chi connectivity index (χ0n) is 15.0. The number of benzene rings is 2. The second-order valence-corrected chi connectivity index (χ2v) is 7.21. The summed E-state index contributed by atoms with van der Waals surface area (Å²) in [6, 6.07) is 11.0. The van der Waals surface area contributed by atoms with Crippen LogP contribution < -0.4 is 16.0 Å². The van der Waals surface area contributed by atoms with Gasteiger partial charge in [-0.3, -0.25) is 14.9 Å². The van der Waals surface area contributed by atoms with E-state index in [0.29, 0.717) is 9.90 Å². The summed E-state index contributed by atoms with van der Waals surface area (Å²) in [6.45, 7) is -0.326. The van der Waals surface area contributed by atoms with Gasteiger partial charge >= 0.3 is 6.09 Å². The molecule has 3 N–H and O–H groups in total. The van der Waals surface area contributed by atoms with Gasteiger partial charge in [0.2, 0.25) is 5.91 Å². The molecule has 0 atom stereocenters. The summed E-state index contributed by atoms with van der Waals surface area (Å²) < 4.78 is 19.2. The molecule has 7 nitrogen and oxygen atoms in total. The van der Waals surface area contributed by atoms with E-state index in [-0.39, 0.29) is 17.9 Å². The van der Waals surface area contributed by atoms with E-state index in [1.807, 2.05) is 24.3 Å². The van der Waals surface area contributed by atoms with Gasteiger partial charge in [0, 0.05) is 15.8 Å². The first-order valence-corrected chi connectivity index (χ1v) is 9.48. The summed E-state index contributed by atoms with van der Waals surface area (Å²) in [6.07, 6.45) is -0.816. The van der Waals surface area contributed by atoms with E-state index >= 15 is 0 Å². The number of amides is 3. The molecule has 29 heavy (non-hydrogen) atoms. The highest BCUT2D eigenvalue weighted by Crippen LogP contribution is 2.34. The van der Waals surface area contributed by atoms with Gasteiger partial charge in [-0.05, 0) is 24.3 Å². The molecule has 0 aliphatic rings. The lowest BCUT2D eigenvalue weighted by atomic mass is 10.2. The molecule has 0 saturated heterocycles. The Labute approximate surface area is 173 Å². The van der Waals surface area contributed by atoms with E-state index in [9.17, 15) is 18.8 Å². The van der Waals surface area contributed by atoms with Crippen molar-refractivity contribution in [1.82, 2.24) is 5.32 Å². The molecule has 0 radical (unpaired) electrons. The van der Waals surface area contributed by atoms with Gasteiger partial charge in [0.25, 0.3) is 5.91 Å². The first kappa shape index (κ1) is 20.6. The van der Waals surface area contributed by atoms with Crippen LogP contribution in [0.1, 0.15) is 9.67 Å². The minimum Gasteiger partial charge on any atom is -0.453 e. The normalized spacial score (nSPS) is 10.4. The van der Waals surface area contributed by atoms with E-state index in [4.69, 9.17) is 11.6 Å². The van der Waals surface area contributed by atoms with Crippen LogP contribution in [0.5, 0.6) is 0 Å². The summed E-state index contributed by atoms with van der Waals surface area (Å²) in [4.78, 5) is 35.8. The van der Waals surface area contributed by atoms with Crippen molar-refractivity contribution in [1.29, 1.82) is 0 Å². The molecule has 0 aliphatic carbocycles. The molecular weight excluding hydrogens is 421 g/mol. The number of carbonyl (C=O) groups is 3. The molecule has 3 aromatic rings. The van der Waals surface area contributed by atoms with Crippen LogP contribution in [0.25, 0.3) is 10.1 Å². The molecule has 0 fully saturated rings. The molecule has 0 bridgehead atoms. The zero-order chi connectivity index (χ0) is 21.0. The number of hydrogen-bond acceptors (Lipinski definition) is 5. The van der Waals surface area contributed by atoms with E-state index < -0.39 is 23.7 Å². The van der Waals surface area contributed by atoms with Crippen LogP contribution in [0, 0.1) is 5.82 Å². The SMILES string of the molecule is COC(=O)Nc1ccc(NC(=O)CNC(=O)c2sc3ccccc3c2Cl)cc1F. The molecule has 0 spiro atoms. The Morgan fingerprint density at radius 1 is 1.14 bits per heavy atom. The fourth-order valence-electron chi connectivity index (χ4n) is 2.46. The van der Waals surface area contributed by atoms with Crippen LogP contribution >= 0.6 is 22.9 Å².